The smallest absolute Gasteiger partial charge is 0.167 e. The van der Waals surface area contributed by atoms with Gasteiger partial charge in [0.15, 0.2) is 5.82 Å². The van der Waals surface area contributed by atoms with Gasteiger partial charge in [0.1, 0.15) is 11.5 Å². The van der Waals surface area contributed by atoms with E-state index in [-0.39, 0.29) is 0 Å². The molecule has 1 aromatic carbocycles. The average molecular weight is 488 g/mol. The van der Waals surface area contributed by atoms with Crippen molar-refractivity contribution in [3.05, 3.63) is 71.3 Å². The molecule has 0 radical (unpaired) electrons. The van der Waals surface area contributed by atoms with Crippen LogP contribution in [-0.2, 0) is 20.0 Å². The third kappa shape index (κ3) is 5.15. The highest BCUT2D eigenvalue weighted by Crippen LogP contribution is 2.30. The molecule has 0 unspecified atom stereocenters. The predicted octanol–water partition coefficient (Wildman–Crippen LogP) is 4.42. The summed E-state index contributed by atoms with van der Waals surface area (Å²) in [5.74, 6) is 0.424. The Morgan fingerprint density at radius 1 is 0.972 bits per heavy atom. The molecule has 36 heavy (non-hydrogen) atoms. The molecular formula is C28H34FN7. The zero-order valence-electron chi connectivity index (χ0n) is 21.6. The Hall–Kier alpha value is -3.23. The lowest BCUT2D eigenvalue weighted by Crippen LogP contribution is -2.45. The molecule has 0 bridgehead atoms. The lowest BCUT2D eigenvalue weighted by atomic mass is 10.0. The van der Waals surface area contributed by atoms with Crippen molar-refractivity contribution >= 4 is 10.9 Å². The van der Waals surface area contributed by atoms with Crippen LogP contribution in [0.5, 0.6) is 0 Å². The Morgan fingerprint density at radius 2 is 1.75 bits per heavy atom. The number of hydrogen-bond acceptors (Lipinski definition) is 6. The molecule has 4 aromatic rings. The average Bonchev–Trinajstić information content (AvgIpc) is 3.22. The number of pyridine rings is 1. The molecule has 3 aromatic heterocycles. The van der Waals surface area contributed by atoms with Crippen LogP contribution in [0.3, 0.4) is 0 Å². The van der Waals surface area contributed by atoms with E-state index in [1.54, 1.807) is 0 Å². The number of fused-ring (bicyclic) bond motifs is 1. The molecule has 1 aliphatic heterocycles. The third-order valence-electron chi connectivity index (χ3n) is 7.04. The lowest BCUT2D eigenvalue weighted by molar-refractivity contribution is 0.132. The highest BCUT2D eigenvalue weighted by Gasteiger charge is 2.17. The van der Waals surface area contributed by atoms with Crippen molar-refractivity contribution < 1.29 is 4.39 Å². The van der Waals surface area contributed by atoms with E-state index >= 15 is 0 Å². The zero-order chi connectivity index (χ0) is 25.2. The van der Waals surface area contributed by atoms with Gasteiger partial charge in [0.25, 0.3) is 0 Å². The maximum Gasteiger partial charge on any atom is 0.167 e. The van der Waals surface area contributed by atoms with Crippen molar-refractivity contribution in [2.24, 2.45) is 7.05 Å². The first-order valence-electron chi connectivity index (χ1n) is 12.8. The topological polar surface area (TPSA) is 63.0 Å². The largest absolute Gasteiger partial charge is 0.301 e. The van der Waals surface area contributed by atoms with E-state index in [0.717, 1.165) is 67.1 Å². The highest BCUT2D eigenvalue weighted by atomic mass is 19.1. The van der Waals surface area contributed by atoms with E-state index in [0.29, 0.717) is 23.9 Å². The predicted molar refractivity (Wildman–Crippen MR) is 140 cm³/mol. The van der Waals surface area contributed by atoms with Crippen LogP contribution >= 0.6 is 0 Å². The number of benzene rings is 1. The molecule has 8 heteroatoms. The maximum absolute atomic E-state index is 14.8. The van der Waals surface area contributed by atoms with E-state index in [9.17, 15) is 4.39 Å². The van der Waals surface area contributed by atoms with Crippen molar-refractivity contribution in [2.75, 3.05) is 32.7 Å². The minimum absolute atomic E-state index is 0.302. The monoisotopic (exact) mass is 487 g/mol. The number of hydrogen-bond donors (Lipinski definition) is 0. The molecule has 188 valence electrons. The fourth-order valence-corrected chi connectivity index (χ4v) is 5.08. The number of aromatic nitrogens is 5. The third-order valence-corrected chi connectivity index (χ3v) is 7.04. The molecule has 0 N–H and O–H groups in total. The summed E-state index contributed by atoms with van der Waals surface area (Å²) >= 11 is 0. The minimum Gasteiger partial charge on any atom is -0.301 e. The van der Waals surface area contributed by atoms with E-state index in [2.05, 4.69) is 56.7 Å². The molecule has 0 spiro atoms. The molecule has 1 fully saturated rings. The molecular weight excluding hydrogens is 453 g/mol. The zero-order valence-corrected chi connectivity index (χ0v) is 21.6. The molecule has 4 heterocycles. The second kappa shape index (κ2) is 10.4. The van der Waals surface area contributed by atoms with Crippen molar-refractivity contribution in [3.8, 4) is 11.3 Å². The maximum atomic E-state index is 14.8. The van der Waals surface area contributed by atoms with Crippen LogP contribution < -0.4 is 0 Å². The summed E-state index contributed by atoms with van der Waals surface area (Å²) in [5, 5.41) is 5.62. The number of aryl methyl sites for hydroxylation is 1. The van der Waals surface area contributed by atoms with Gasteiger partial charge in [-0.1, -0.05) is 32.9 Å². The van der Waals surface area contributed by atoms with Gasteiger partial charge < -0.3 is 4.90 Å². The molecule has 1 aliphatic rings. The van der Waals surface area contributed by atoms with Crippen LogP contribution in [0.4, 0.5) is 4.39 Å². The minimum atomic E-state index is -0.431. The lowest BCUT2D eigenvalue weighted by Gasteiger charge is -2.33. The van der Waals surface area contributed by atoms with Crippen LogP contribution in [-0.4, -0.2) is 67.3 Å². The summed E-state index contributed by atoms with van der Waals surface area (Å²) in [5.41, 5.74) is 5.13. The number of nitrogens with zero attached hydrogens (tertiary/aromatic N) is 7. The second-order valence-electron chi connectivity index (χ2n) is 9.92. The summed E-state index contributed by atoms with van der Waals surface area (Å²) in [7, 11) is 1.95. The molecule has 1 saturated heterocycles. The van der Waals surface area contributed by atoms with E-state index < -0.39 is 5.82 Å². The van der Waals surface area contributed by atoms with Gasteiger partial charge in [-0.3, -0.25) is 14.6 Å². The van der Waals surface area contributed by atoms with E-state index in [1.165, 1.54) is 11.8 Å². The Kier molecular flexibility index (Phi) is 7.07. The van der Waals surface area contributed by atoms with Crippen LogP contribution in [0.2, 0.25) is 0 Å². The number of piperazine rings is 1. The van der Waals surface area contributed by atoms with Crippen LogP contribution in [0, 0.1) is 5.82 Å². The number of rotatable bonds is 7. The summed E-state index contributed by atoms with van der Waals surface area (Å²) in [4.78, 5) is 18.4. The van der Waals surface area contributed by atoms with Crippen molar-refractivity contribution in [1.29, 1.82) is 0 Å². The van der Waals surface area contributed by atoms with Gasteiger partial charge in [-0.05, 0) is 36.2 Å². The fourth-order valence-electron chi connectivity index (χ4n) is 5.08. The summed E-state index contributed by atoms with van der Waals surface area (Å²) in [6.07, 6.45) is 3.66. The molecule has 5 rings (SSSR count). The van der Waals surface area contributed by atoms with Crippen molar-refractivity contribution in [3.63, 3.8) is 0 Å². The number of likely N-dealkylation sites (N-methyl/N-ethyl adjacent to an activating group) is 1. The van der Waals surface area contributed by atoms with Gasteiger partial charge in [-0.25, -0.2) is 14.4 Å². The molecule has 0 saturated carbocycles. The van der Waals surface area contributed by atoms with Crippen LogP contribution in [0.15, 0.2) is 42.7 Å². The van der Waals surface area contributed by atoms with Crippen LogP contribution in [0.1, 0.15) is 49.5 Å². The standard InChI is InChI=1S/C28H34FN7/c1-5-35-10-12-36(13-11-35)18-20-6-8-22(30-16-20)15-26-31-17-24(29)27(32-26)21-7-9-25-23(14-21)28(19(2)3)34(4)33-25/h6-9,14,16-17,19H,5,10-13,15,18H2,1-4H3. The van der Waals surface area contributed by atoms with Gasteiger partial charge >= 0.3 is 0 Å². The van der Waals surface area contributed by atoms with Gasteiger partial charge in [0.05, 0.1) is 18.1 Å². The van der Waals surface area contributed by atoms with Gasteiger partial charge in [-0.2, -0.15) is 5.10 Å². The quantitative estimate of drug-likeness (QED) is 0.385. The highest BCUT2D eigenvalue weighted by molar-refractivity contribution is 5.86. The van der Waals surface area contributed by atoms with Gasteiger partial charge in [0, 0.05) is 68.3 Å². The SMILES string of the molecule is CCN1CCN(Cc2ccc(Cc3ncc(F)c(-c4ccc5nn(C)c(C(C)C)c5c4)n3)nc2)CC1. The first-order valence-corrected chi connectivity index (χ1v) is 12.8. The molecule has 0 aliphatic carbocycles. The Bertz CT molecular complexity index is 1340. The van der Waals surface area contributed by atoms with Gasteiger partial charge in [0.2, 0.25) is 0 Å². The Balaban J connectivity index is 1.32. The van der Waals surface area contributed by atoms with E-state index in [1.807, 2.05) is 42.2 Å². The van der Waals surface area contributed by atoms with Crippen molar-refractivity contribution in [2.45, 2.75) is 39.7 Å². The van der Waals surface area contributed by atoms with Crippen LogP contribution in [0.25, 0.3) is 22.2 Å². The first kappa shape index (κ1) is 24.5. The molecule has 0 amide bonds. The first-order chi connectivity index (χ1) is 17.4. The van der Waals surface area contributed by atoms with Crippen molar-refractivity contribution in [1.82, 2.24) is 34.5 Å². The molecule has 7 nitrogen and oxygen atoms in total. The summed E-state index contributed by atoms with van der Waals surface area (Å²) in [6, 6.07) is 9.95. The fraction of sp³-hybridized carbons (Fsp3) is 0.429. The summed E-state index contributed by atoms with van der Waals surface area (Å²) < 4.78 is 16.7. The normalized spacial score (nSPS) is 15.3. The Morgan fingerprint density at radius 3 is 2.44 bits per heavy atom. The second-order valence-corrected chi connectivity index (χ2v) is 9.92. The van der Waals surface area contributed by atoms with E-state index in [4.69, 9.17) is 0 Å². The number of halogens is 1. The molecule has 0 atom stereocenters. The van der Waals surface area contributed by atoms with Gasteiger partial charge in [-0.15, -0.1) is 0 Å². The Labute approximate surface area is 212 Å². The summed E-state index contributed by atoms with van der Waals surface area (Å²) in [6.45, 7) is 12.9.